The van der Waals surface area contributed by atoms with Gasteiger partial charge in [-0.05, 0) is 32.6 Å². The highest BCUT2D eigenvalue weighted by atomic mass is 16.5. The number of hydrogen-bond acceptors (Lipinski definition) is 6. The van der Waals surface area contributed by atoms with E-state index >= 15 is 0 Å². The number of allylic oxidation sites excluding steroid dienone is 2. The molecule has 1 saturated heterocycles. The van der Waals surface area contributed by atoms with Crippen molar-refractivity contribution in [3.63, 3.8) is 0 Å². The highest BCUT2D eigenvalue weighted by Gasteiger charge is 2.50. The Morgan fingerprint density at radius 3 is 2.27 bits per heavy atom. The minimum absolute atomic E-state index is 0.0931. The van der Waals surface area contributed by atoms with Gasteiger partial charge in [0.15, 0.2) is 6.61 Å². The number of rotatable bonds is 5. The minimum atomic E-state index is -1.12. The molecule has 1 heterocycles. The molecular formula is C17H21N3O6. The number of amides is 5. The predicted molar refractivity (Wildman–Crippen MR) is 87.3 cm³/mol. The van der Waals surface area contributed by atoms with Gasteiger partial charge in [0.05, 0.1) is 11.8 Å². The number of carbonyl (C=O) groups is 5. The van der Waals surface area contributed by atoms with Crippen molar-refractivity contribution in [3.05, 3.63) is 12.2 Å². The average molecular weight is 363 g/mol. The molecule has 0 aromatic heterocycles. The zero-order chi connectivity index (χ0) is 18.8. The Bertz CT molecular complexity index is 658. The second kappa shape index (κ2) is 7.27. The van der Waals surface area contributed by atoms with E-state index in [4.69, 9.17) is 4.74 Å². The van der Waals surface area contributed by atoms with E-state index in [1.54, 1.807) is 0 Å². The number of nitrogens with one attached hydrogen (secondary N) is 2. The molecule has 2 aliphatic carbocycles. The Morgan fingerprint density at radius 2 is 1.73 bits per heavy atom. The lowest BCUT2D eigenvalue weighted by Gasteiger charge is -2.21. The summed E-state index contributed by atoms with van der Waals surface area (Å²) in [6, 6.07) is -1.66. The quantitative estimate of drug-likeness (QED) is 0.398. The van der Waals surface area contributed by atoms with Gasteiger partial charge in [-0.1, -0.05) is 12.2 Å². The summed E-state index contributed by atoms with van der Waals surface area (Å²) >= 11 is 0. The van der Waals surface area contributed by atoms with Crippen LogP contribution in [0.2, 0.25) is 0 Å². The summed E-state index contributed by atoms with van der Waals surface area (Å²) in [5, 5.41) is 4.62. The zero-order valence-electron chi connectivity index (χ0n) is 14.4. The van der Waals surface area contributed by atoms with E-state index in [1.165, 1.54) is 6.92 Å². The number of fused-ring (bicyclic) bond motifs is 1. The van der Waals surface area contributed by atoms with Gasteiger partial charge in [0, 0.05) is 6.04 Å². The number of urea groups is 1. The van der Waals surface area contributed by atoms with Gasteiger partial charge in [-0.25, -0.2) is 9.59 Å². The summed E-state index contributed by atoms with van der Waals surface area (Å²) in [5.41, 5.74) is 0. The van der Waals surface area contributed by atoms with Crippen molar-refractivity contribution >= 4 is 29.7 Å². The fraction of sp³-hybridized carbons (Fsp3) is 0.588. The van der Waals surface area contributed by atoms with Crippen molar-refractivity contribution in [1.82, 2.24) is 15.5 Å². The van der Waals surface area contributed by atoms with E-state index in [9.17, 15) is 24.0 Å². The van der Waals surface area contributed by atoms with Crippen LogP contribution in [0.15, 0.2) is 12.2 Å². The molecule has 0 bridgehead atoms. The standard InChI is InChI=1S/C17H21N3O6/c1-9(20-14(22)11-4-2-3-5-12(11)15(20)23)16(24)26-8-13(21)19-17(25)18-10-6-7-10/h2-3,9-12H,4-8H2,1H3,(H2,18,19,21,25)/t9-,11-,12-/m0/s1. The topological polar surface area (TPSA) is 122 Å². The summed E-state index contributed by atoms with van der Waals surface area (Å²) in [7, 11) is 0. The van der Waals surface area contributed by atoms with Crippen LogP contribution in [-0.2, 0) is 23.9 Å². The molecule has 1 saturated carbocycles. The molecular weight excluding hydrogens is 342 g/mol. The zero-order valence-corrected chi connectivity index (χ0v) is 14.4. The molecule has 9 heteroatoms. The molecule has 0 radical (unpaired) electrons. The predicted octanol–water partition coefficient (Wildman–Crippen LogP) is -0.142. The van der Waals surface area contributed by atoms with E-state index in [1.807, 2.05) is 12.2 Å². The molecule has 140 valence electrons. The van der Waals surface area contributed by atoms with Gasteiger partial charge in [0.2, 0.25) is 11.8 Å². The van der Waals surface area contributed by atoms with Crippen molar-refractivity contribution < 1.29 is 28.7 Å². The smallest absolute Gasteiger partial charge is 0.329 e. The van der Waals surface area contributed by atoms with Gasteiger partial charge < -0.3 is 10.1 Å². The number of imide groups is 2. The Hall–Kier alpha value is -2.71. The normalized spacial score (nSPS) is 25.5. The largest absolute Gasteiger partial charge is 0.454 e. The molecule has 1 aliphatic heterocycles. The van der Waals surface area contributed by atoms with Crippen LogP contribution in [0.1, 0.15) is 32.6 Å². The number of likely N-dealkylation sites (tertiary alicyclic amines) is 1. The molecule has 3 aliphatic rings. The molecule has 0 unspecified atom stereocenters. The van der Waals surface area contributed by atoms with Gasteiger partial charge in [-0.15, -0.1) is 0 Å². The molecule has 2 fully saturated rings. The van der Waals surface area contributed by atoms with E-state index in [2.05, 4.69) is 10.6 Å². The van der Waals surface area contributed by atoms with Crippen LogP contribution >= 0.6 is 0 Å². The van der Waals surface area contributed by atoms with Gasteiger partial charge in [0.25, 0.3) is 5.91 Å². The van der Waals surface area contributed by atoms with Crippen molar-refractivity contribution in [3.8, 4) is 0 Å². The van der Waals surface area contributed by atoms with Crippen LogP contribution in [0.3, 0.4) is 0 Å². The fourth-order valence-corrected chi connectivity index (χ4v) is 3.18. The Labute approximate surface area is 150 Å². The number of esters is 1. The van der Waals surface area contributed by atoms with E-state index in [-0.39, 0.29) is 17.9 Å². The first-order chi connectivity index (χ1) is 12.4. The van der Waals surface area contributed by atoms with Crippen molar-refractivity contribution in [2.45, 2.75) is 44.7 Å². The Kier molecular flexibility index (Phi) is 5.06. The molecule has 0 aromatic carbocycles. The minimum Gasteiger partial charge on any atom is -0.454 e. The van der Waals surface area contributed by atoms with Crippen molar-refractivity contribution in [2.24, 2.45) is 11.8 Å². The van der Waals surface area contributed by atoms with Crippen LogP contribution in [0, 0.1) is 11.8 Å². The molecule has 0 spiro atoms. The van der Waals surface area contributed by atoms with Gasteiger partial charge in [-0.3, -0.25) is 24.6 Å². The lowest BCUT2D eigenvalue weighted by Crippen LogP contribution is -2.46. The lowest BCUT2D eigenvalue weighted by atomic mass is 9.85. The van der Waals surface area contributed by atoms with Crippen LogP contribution < -0.4 is 10.6 Å². The second-order valence-corrected chi connectivity index (χ2v) is 6.78. The average Bonchev–Trinajstić information content (AvgIpc) is 3.38. The number of nitrogens with zero attached hydrogens (tertiary/aromatic N) is 1. The summed E-state index contributed by atoms with van der Waals surface area (Å²) < 4.78 is 4.86. The molecule has 0 aromatic rings. The SMILES string of the molecule is C[C@@H](C(=O)OCC(=O)NC(=O)NC1CC1)N1C(=O)[C@H]2CC=CC[C@@H]2C1=O. The summed E-state index contributed by atoms with van der Waals surface area (Å²) in [4.78, 5) is 61.0. The maximum absolute atomic E-state index is 12.4. The molecule has 26 heavy (non-hydrogen) atoms. The molecule has 2 N–H and O–H groups in total. The molecule has 3 rings (SSSR count). The van der Waals surface area contributed by atoms with Crippen LogP contribution in [0.4, 0.5) is 4.79 Å². The van der Waals surface area contributed by atoms with Crippen molar-refractivity contribution in [1.29, 1.82) is 0 Å². The lowest BCUT2D eigenvalue weighted by molar-refractivity contribution is -0.159. The molecule has 3 atom stereocenters. The van der Waals surface area contributed by atoms with E-state index in [0.717, 1.165) is 17.7 Å². The first kappa shape index (κ1) is 18.1. The number of carbonyl (C=O) groups excluding carboxylic acids is 5. The second-order valence-electron chi connectivity index (χ2n) is 6.78. The Balaban J connectivity index is 1.49. The van der Waals surface area contributed by atoms with Crippen LogP contribution in [0.5, 0.6) is 0 Å². The molecule has 5 amide bonds. The maximum Gasteiger partial charge on any atom is 0.329 e. The van der Waals surface area contributed by atoms with Gasteiger partial charge in [0.1, 0.15) is 6.04 Å². The van der Waals surface area contributed by atoms with Gasteiger partial charge >= 0.3 is 12.0 Å². The fourth-order valence-electron chi connectivity index (χ4n) is 3.18. The first-order valence-electron chi connectivity index (χ1n) is 8.67. The first-order valence-corrected chi connectivity index (χ1v) is 8.67. The van der Waals surface area contributed by atoms with Gasteiger partial charge in [-0.2, -0.15) is 0 Å². The van der Waals surface area contributed by atoms with Crippen LogP contribution in [0.25, 0.3) is 0 Å². The summed E-state index contributed by atoms with van der Waals surface area (Å²) in [6.45, 7) is 0.729. The van der Waals surface area contributed by atoms with Crippen LogP contribution in [-0.4, -0.2) is 53.3 Å². The van der Waals surface area contributed by atoms with E-state index < -0.39 is 42.4 Å². The van der Waals surface area contributed by atoms with E-state index in [0.29, 0.717) is 12.8 Å². The monoisotopic (exact) mass is 363 g/mol. The highest BCUT2D eigenvalue weighted by molar-refractivity contribution is 6.08. The third-order valence-corrected chi connectivity index (χ3v) is 4.78. The molecule has 9 nitrogen and oxygen atoms in total. The maximum atomic E-state index is 12.4. The third-order valence-electron chi connectivity index (χ3n) is 4.78. The number of hydrogen-bond donors (Lipinski definition) is 2. The number of ether oxygens (including phenoxy) is 1. The summed E-state index contributed by atoms with van der Waals surface area (Å²) in [5.74, 6) is -3.28. The van der Waals surface area contributed by atoms with Crippen molar-refractivity contribution in [2.75, 3.05) is 6.61 Å². The third kappa shape index (κ3) is 3.76. The Morgan fingerprint density at radius 1 is 1.15 bits per heavy atom. The summed E-state index contributed by atoms with van der Waals surface area (Å²) in [6.07, 6.45) is 6.43. The highest BCUT2D eigenvalue weighted by Crippen LogP contribution is 2.36.